The van der Waals surface area contributed by atoms with Crippen LogP contribution >= 0.6 is 11.6 Å². The maximum absolute atomic E-state index is 13.0. The van der Waals surface area contributed by atoms with E-state index in [4.69, 9.17) is 16.3 Å². The zero-order valence-corrected chi connectivity index (χ0v) is 18.3. The van der Waals surface area contributed by atoms with Gasteiger partial charge in [-0.05, 0) is 45.0 Å². The van der Waals surface area contributed by atoms with E-state index in [0.717, 1.165) is 0 Å². The third-order valence-electron chi connectivity index (χ3n) is 4.56. The first-order valence-corrected chi connectivity index (χ1v) is 11.3. The number of halogens is 1. The van der Waals surface area contributed by atoms with Crippen molar-refractivity contribution in [3.8, 4) is 0 Å². The molecule has 1 amide bonds. The van der Waals surface area contributed by atoms with Crippen LogP contribution in [-0.4, -0.2) is 51.2 Å². The van der Waals surface area contributed by atoms with Crippen LogP contribution in [-0.2, 0) is 14.6 Å². The number of anilines is 1. The van der Waals surface area contributed by atoms with E-state index in [1.807, 2.05) is 25.7 Å². The van der Waals surface area contributed by atoms with Crippen LogP contribution in [0.5, 0.6) is 0 Å². The monoisotopic (exact) mass is 436 g/mol. The molecule has 0 saturated carbocycles. The first-order valence-electron chi connectivity index (χ1n) is 9.41. The minimum atomic E-state index is -3.72. The van der Waals surface area contributed by atoms with E-state index in [1.165, 1.54) is 6.07 Å². The molecule has 1 aliphatic rings. The summed E-state index contributed by atoms with van der Waals surface area (Å²) in [5.74, 6) is 0. The molecule has 0 atom stereocenters. The Kier molecular flexibility index (Phi) is 6.10. The number of amides is 1. The van der Waals surface area contributed by atoms with Gasteiger partial charge in [-0.25, -0.2) is 13.2 Å². The number of hydrogen-bond donors (Lipinski definition) is 0. The number of rotatable bonds is 3. The topological polar surface area (TPSA) is 66.9 Å². The van der Waals surface area contributed by atoms with E-state index in [-0.39, 0.29) is 20.9 Å². The highest BCUT2D eigenvalue weighted by Crippen LogP contribution is 2.35. The largest absolute Gasteiger partial charge is 0.444 e. The molecule has 0 unspecified atom stereocenters. The second kappa shape index (κ2) is 8.24. The standard InChI is InChI=1S/C21H25ClN2O4S/c1-21(2,3)28-20(25)24-14-12-23(13-15-24)17-10-7-11-18(19(17)22)29(26,27)16-8-5-4-6-9-16/h4-11H,12-15H2,1-3H3. The third kappa shape index (κ3) is 4.85. The second-order valence-electron chi connectivity index (χ2n) is 7.86. The van der Waals surface area contributed by atoms with Gasteiger partial charge in [0.1, 0.15) is 5.60 Å². The molecule has 6 nitrogen and oxygen atoms in total. The van der Waals surface area contributed by atoms with Crippen LogP contribution in [0.3, 0.4) is 0 Å². The smallest absolute Gasteiger partial charge is 0.410 e. The van der Waals surface area contributed by atoms with Crippen LogP contribution in [0.1, 0.15) is 20.8 Å². The molecule has 1 aliphatic heterocycles. The Hall–Kier alpha value is -2.25. The fourth-order valence-corrected chi connectivity index (χ4v) is 5.05. The fraction of sp³-hybridized carbons (Fsp3) is 0.381. The SMILES string of the molecule is CC(C)(C)OC(=O)N1CCN(c2cccc(S(=O)(=O)c3ccccc3)c2Cl)CC1. The number of ether oxygens (including phenoxy) is 1. The summed E-state index contributed by atoms with van der Waals surface area (Å²) in [6.45, 7) is 7.52. The predicted molar refractivity (Wildman–Crippen MR) is 113 cm³/mol. The Bertz CT molecular complexity index is 979. The number of nitrogens with zero attached hydrogens (tertiary/aromatic N) is 2. The highest BCUT2D eigenvalue weighted by molar-refractivity contribution is 7.91. The van der Waals surface area contributed by atoms with Crippen molar-refractivity contribution in [1.82, 2.24) is 4.90 Å². The summed E-state index contributed by atoms with van der Waals surface area (Å²) in [5.41, 5.74) is 0.102. The van der Waals surface area contributed by atoms with E-state index in [2.05, 4.69) is 0 Å². The van der Waals surface area contributed by atoms with Gasteiger partial charge in [-0.1, -0.05) is 35.9 Å². The van der Waals surface area contributed by atoms with Crippen molar-refractivity contribution in [2.24, 2.45) is 0 Å². The number of piperazine rings is 1. The molecule has 1 heterocycles. The Morgan fingerprint density at radius 3 is 2.17 bits per heavy atom. The van der Waals surface area contributed by atoms with Crippen LogP contribution in [0, 0.1) is 0 Å². The molecule has 3 rings (SSSR count). The van der Waals surface area contributed by atoms with Gasteiger partial charge in [0.25, 0.3) is 0 Å². The molecular formula is C21H25ClN2O4S. The summed E-state index contributed by atoms with van der Waals surface area (Å²) >= 11 is 6.54. The molecule has 2 aromatic carbocycles. The van der Waals surface area contributed by atoms with Crippen LogP contribution in [0.2, 0.25) is 5.02 Å². The van der Waals surface area contributed by atoms with Crippen molar-refractivity contribution in [3.63, 3.8) is 0 Å². The van der Waals surface area contributed by atoms with E-state index in [0.29, 0.717) is 31.9 Å². The van der Waals surface area contributed by atoms with Gasteiger partial charge in [0.05, 0.1) is 20.5 Å². The average molecular weight is 437 g/mol. The molecule has 2 aromatic rings. The van der Waals surface area contributed by atoms with Gasteiger partial charge in [-0.15, -0.1) is 0 Å². The molecule has 0 radical (unpaired) electrons. The minimum Gasteiger partial charge on any atom is -0.444 e. The molecule has 0 aromatic heterocycles. The zero-order valence-electron chi connectivity index (χ0n) is 16.8. The van der Waals surface area contributed by atoms with Crippen LogP contribution < -0.4 is 4.90 Å². The molecule has 0 aliphatic carbocycles. The van der Waals surface area contributed by atoms with Crippen molar-refractivity contribution < 1.29 is 17.9 Å². The van der Waals surface area contributed by atoms with Crippen molar-refractivity contribution in [2.75, 3.05) is 31.1 Å². The van der Waals surface area contributed by atoms with Gasteiger partial charge in [0, 0.05) is 26.2 Å². The van der Waals surface area contributed by atoms with Gasteiger partial charge in [0.15, 0.2) is 0 Å². The van der Waals surface area contributed by atoms with E-state index in [1.54, 1.807) is 47.4 Å². The molecule has 29 heavy (non-hydrogen) atoms. The summed E-state index contributed by atoms with van der Waals surface area (Å²) < 4.78 is 31.4. The van der Waals surface area contributed by atoms with Crippen molar-refractivity contribution in [2.45, 2.75) is 36.2 Å². The number of benzene rings is 2. The summed E-state index contributed by atoms with van der Waals surface area (Å²) in [5, 5.41) is 0.196. The van der Waals surface area contributed by atoms with E-state index >= 15 is 0 Å². The van der Waals surface area contributed by atoms with Gasteiger partial charge in [0.2, 0.25) is 9.84 Å². The maximum Gasteiger partial charge on any atom is 0.410 e. The number of carbonyl (C=O) groups excluding carboxylic acids is 1. The second-order valence-corrected chi connectivity index (χ2v) is 10.2. The van der Waals surface area contributed by atoms with Crippen LogP contribution in [0.25, 0.3) is 0 Å². The van der Waals surface area contributed by atoms with Gasteiger partial charge >= 0.3 is 6.09 Å². The Balaban J connectivity index is 1.79. The van der Waals surface area contributed by atoms with Crippen LogP contribution in [0.15, 0.2) is 58.3 Å². The molecule has 0 bridgehead atoms. The summed E-state index contributed by atoms with van der Waals surface area (Å²) in [6.07, 6.45) is -0.344. The molecule has 0 N–H and O–H groups in total. The average Bonchev–Trinajstić information content (AvgIpc) is 2.67. The van der Waals surface area contributed by atoms with Crippen LogP contribution in [0.4, 0.5) is 10.5 Å². The summed E-state index contributed by atoms with van der Waals surface area (Å²) in [4.78, 5) is 16.2. The summed E-state index contributed by atoms with van der Waals surface area (Å²) in [7, 11) is -3.72. The van der Waals surface area contributed by atoms with Gasteiger partial charge in [-0.2, -0.15) is 0 Å². The van der Waals surface area contributed by atoms with Gasteiger partial charge < -0.3 is 14.5 Å². The molecule has 8 heteroatoms. The van der Waals surface area contributed by atoms with Crippen molar-refractivity contribution >= 4 is 33.2 Å². The van der Waals surface area contributed by atoms with E-state index < -0.39 is 15.4 Å². The molecule has 0 spiro atoms. The highest BCUT2D eigenvalue weighted by atomic mass is 35.5. The molecular weight excluding hydrogens is 412 g/mol. The predicted octanol–water partition coefficient (Wildman–Crippen LogP) is 4.23. The number of carbonyl (C=O) groups is 1. The van der Waals surface area contributed by atoms with Crippen molar-refractivity contribution in [1.29, 1.82) is 0 Å². The molecule has 1 saturated heterocycles. The van der Waals surface area contributed by atoms with Crippen molar-refractivity contribution in [3.05, 3.63) is 53.6 Å². The minimum absolute atomic E-state index is 0.0810. The maximum atomic E-state index is 13.0. The Morgan fingerprint density at radius 2 is 1.59 bits per heavy atom. The zero-order chi connectivity index (χ0) is 21.2. The quantitative estimate of drug-likeness (QED) is 0.720. The highest BCUT2D eigenvalue weighted by Gasteiger charge is 2.28. The third-order valence-corrected chi connectivity index (χ3v) is 6.88. The lowest BCUT2D eigenvalue weighted by Gasteiger charge is -2.37. The Labute approximate surface area is 176 Å². The Morgan fingerprint density at radius 1 is 0.966 bits per heavy atom. The first-order chi connectivity index (χ1) is 13.6. The van der Waals surface area contributed by atoms with E-state index in [9.17, 15) is 13.2 Å². The lowest BCUT2D eigenvalue weighted by Crippen LogP contribution is -2.50. The first kappa shape index (κ1) is 21.5. The molecule has 1 fully saturated rings. The lowest BCUT2D eigenvalue weighted by molar-refractivity contribution is 0.0240. The lowest BCUT2D eigenvalue weighted by atomic mass is 10.2. The fourth-order valence-electron chi connectivity index (χ4n) is 3.13. The summed E-state index contributed by atoms with van der Waals surface area (Å²) in [6, 6.07) is 13.2. The van der Waals surface area contributed by atoms with Gasteiger partial charge in [-0.3, -0.25) is 0 Å². The molecule has 156 valence electrons. The normalized spacial score (nSPS) is 15.3. The number of hydrogen-bond acceptors (Lipinski definition) is 5. The number of sulfone groups is 1.